The van der Waals surface area contributed by atoms with Crippen LogP contribution in [0.2, 0.25) is 0 Å². The third-order valence-electron chi connectivity index (χ3n) is 3.96. The number of hydrogen-bond acceptors (Lipinski definition) is 4. The average molecular weight is 348 g/mol. The second kappa shape index (κ2) is 8.49. The van der Waals surface area contributed by atoms with Crippen LogP contribution in [0.4, 0.5) is 4.79 Å². The van der Waals surface area contributed by atoms with Crippen LogP contribution in [0.1, 0.15) is 33.1 Å². The molecular formula is C14H28N4O4S. The number of rotatable bonds is 7. The van der Waals surface area contributed by atoms with E-state index in [1.54, 1.807) is 0 Å². The Labute approximate surface area is 138 Å². The van der Waals surface area contributed by atoms with Gasteiger partial charge in [-0.15, -0.1) is 0 Å². The summed E-state index contributed by atoms with van der Waals surface area (Å²) < 4.78 is 24.7. The first kappa shape index (κ1) is 19.7. The first-order chi connectivity index (χ1) is 10.6. The Morgan fingerprint density at radius 3 is 2.57 bits per heavy atom. The summed E-state index contributed by atoms with van der Waals surface area (Å²) in [6.07, 6.45) is 3.22. The fraction of sp³-hybridized carbons (Fsp3) is 0.857. The van der Waals surface area contributed by atoms with Gasteiger partial charge in [0, 0.05) is 32.2 Å². The van der Waals surface area contributed by atoms with Gasteiger partial charge in [-0.3, -0.25) is 4.79 Å². The molecule has 1 aliphatic heterocycles. The molecule has 9 heteroatoms. The zero-order chi connectivity index (χ0) is 17.6. The highest BCUT2D eigenvalue weighted by Gasteiger charge is 2.27. The Balaban J connectivity index is 2.38. The van der Waals surface area contributed by atoms with E-state index in [4.69, 9.17) is 5.73 Å². The van der Waals surface area contributed by atoms with Crippen LogP contribution in [0.15, 0.2) is 0 Å². The number of nitrogens with two attached hydrogens (primary N) is 1. The number of primary amides is 1. The minimum absolute atomic E-state index is 0.105. The topological polar surface area (TPSA) is 113 Å². The standard InChI is InChI=1S/C14H28N4O4S/c1-11(2)18(23(3,21)22)9-5-7-16-13(19)12-6-4-8-17(10-12)14(15)20/h11-12H,4-10H2,1-3H3,(H2,15,20)(H,16,19). The van der Waals surface area contributed by atoms with E-state index in [9.17, 15) is 18.0 Å². The molecule has 1 aliphatic rings. The normalized spacial score (nSPS) is 19.2. The Hall–Kier alpha value is -1.35. The van der Waals surface area contributed by atoms with Crippen LogP contribution < -0.4 is 11.1 Å². The summed E-state index contributed by atoms with van der Waals surface area (Å²) >= 11 is 0. The summed E-state index contributed by atoms with van der Waals surface area (Å²) in [5.74, 6) is -0.348. The largest absolute Gasteiger partial charge is 0.356 e. The zero-order valence-electron chi connectivity index (χ0n) is 14.1. The van der Waals surface area contributed by atoms with Gasteiger partial charge in [-0.05, 0) is 33.1 Å². The summed E-state index contributed by atoms with van der Waals surface area (Å²) in [7, 11) is -3.24. The molecule has 1 rings (SSSR count). The SMILES string of the molecule is CC(C)N(CCCNC(=O)C1CCCN(C(N)=O)C1)S(C)(=O)=O. The van der Waals surface area contributed by atoms with E-state index in [1.165, 1.54) is 15.5 Å². The lowest BCUT2D eigenvalue weighted by molar-refractivity contribution is -0.126. The van der Waals surface area contributed by atoms with Crippen molar-refractivity contribution in [3.8, 4) is 0 Å². The number of nitrogens with one attached hydrogen (secondary N) is 1. The van der Waals surface area contributed by atoms with Crippen LogP contribution in [-0.4, -0.2) is 68.0 Å². The molecule has 0 aliphatic carbocycles. The molecule has 1 heterocycles. The van der Waals surface area contributed by atoms with E-state index in [1.807, 2.05) is 13.8 Å². The maximum Gasteiger partial charge on any atom is 0.314 e. The van der Waals surface area contributed by atoms with Gasteiger partial charge in [0.1, 0.15) is 0 Å². The summed E-state index contributed by atoms with van der Waals surface area (Å²) in [5.41, 5.74) is 5.25. The molecule has 0 saturated carbocycles. The van der Waals surface area contributed by atoms with Gasteiger partial charge < -0.3 is 16.0 Å². The molecule has 1 fully saturated rings. The number of carbonyl (C=O) groups is 2. The van der Waals surface area contributed by atoms with Crippen molar-refractivity contribution in [2.45, 2.75) is 39.2 Å². The van der Waals surface area contributed by atoms with Crippen LogP contribution in [0.3, 0.4) is 0 Å². The third kappa shape index (κ3) is 6.34. The molecular weight excluding hydrogens is 320 g/mol. The monoisotopic (exact) mass is 348 g/mol. The maximum atomic E-state index is 12.1. The summed E-state index contributed by atoms with van der Waals surface area (Å²) in [6, 6.07) is -0.605. The van der Waals surface area contributed by atoms with E-state index in [0.717, 1.165) is 12.8 Å². The van der Waals surface area contributed by atoms with Crippen LogP contribution in [-0.2, 0) is 14.8 Å². The lowest BCUT2D eigenvalue weighted by Crippen LogP contribution is -2.47. The van der Waals surface area contributed by atoms with Crippen molar-refractivity contribution in [2.75, 3.05) is 32.4 Å². The summed E-state index contributed by atoms with van der Waals surface area (Å²) in [6.45, 7) is 5.36. The Bertz CT molecular complexity index is 521. The highest BCUT2D eigenvalue weighted by atomic mass is 32.2. The fourth-order valence-corrected chi connectivity index (χ4v) is 4.02. The van der Waals surface area contributed by atoms with E-state index in [-0.39, 0.29) is 17.9 Å². The quantitative estimate of drug-likeness (QED) is 0.628. The molecule has 23 heavy (non-hydrogen) atoms. The number of hydrogen-bond donors (Lipinski definition) is 2. The lowest BCUT2D eigenvalue weighted by Gasteiger charge is -2.30. The number of carbonyl (C=O) groups excluding carboxylic acids is 2. The summed E-state index contributed by atoms with van der Waals surface area (Å²) in [4.78, 5) is 24.8. The molecule has 0 aromatic heterocycles. The van der Waals surface area contributed by atoms with E-state index >= 15 is 0 Å². The predicted molar refractivity (Wildman–Crippen MR) is 88.2 cm³/mol. The van der Waals surface area contributed by atoms with E-state index < -0.39 is 16.1 Å². The smallest absolute Gasteiger partial charge is 0.314 e. The first-order valence-electron chi connectivity index (χ1n) is 7.91. The Morgan fingerprint density at radius 1 is 1.39 bits per heavy atom. The van der Waals surface area contributed by atoms with Crippen molar-refractivity contribution < 1.29 is 18.0 Å². The van der Waals surface area contributed by atoms with Gasteiger partial charge in [-0.2, -0.15) is 4.31 Å². The molecule has 0 radical (unpaired) electrons. The van der Waals surface area contributed by atoms with Crippen molar-refractivity contribution in [3.63, 3.8) is 0 Å². The highest BCUT2D eigenvalue weighted by Crippen LogP contribution is 2.16. The van der Waals surface area contributed by atoms with E-state index in [0.29, 0.717) is 32.6 Å². The van der Waals surface area contributed by atoms with Crippen molar-refractivity contribution in [2.24, 2.45) is 11.7 Å². The van der Waals surface area contributed by atoms with Crippen molar-refractivity contribution >= 4 is 22.0 Å². The molecule has 0 aromatic carbocycles. The molecule has 0 spiro atoms. The fourth-order valence-electron chi connectivity index (χ4n) is 2.79. The Kier molecular flexibility index (Phi) is 7.27. The second-order valence-electron chi connectivity index (χ2n) is 6.24. The van der Waals surface area contributed by atoms with Gasteiger partial charge in [0.25, 0.3) is 0 Å². The molecule has 1 unspecified atom stereocenters. The number of urea groups is 1. The van der Waals surface area contributed by atoms with E-state index in [2.05, 4.69) is 5.32 Å². The third-order valence-corrected chi connectivity index (χ3v) is 5.42. The van der Waals surface area contributed by atoms with Gasteiger partial charge in [0.05, 0.1) is 12.2 Å². The second-order valence-corrected chi connectivity index (χ2v) is 8.17. The average Bonchev–Trinajstić information content (AvgIpc) is 2.45. The number of amides is 3. The van der Waals surface area contributed by atoms with Crippen molar-refractivity contribution in [3.05, 3.63) is 0 Å². The Morgan fingerprint density at radius 2 is 2.04 bits per heavy atom. The van der Waals surface area contributed by atoms with Crippen LogP contribution in [0.25, 0.3) is 0 Å². The molecule has 3 amide bonds. The van der Waals surface area contributed by atoms with Crippen molar-refractivity contribution in [1.82, 2.24) is 14.5 Å². The molecule has 0 aromatic rings. The zero-order valence-corrected chi connectivity index (χ0v) is 14.9. The van der Waals surface area contributed by atoms with Gasteiger partial charge in [0.15, 0.2) is 0 Å². The van der Waals surface area contributed by atoms with Crippen LogP contribution in [0, 0.1) is 5.92 Å². The van der Waals surface area contributed by atoms with Gasteiger partial charge in [-0.25, -0.2) is 13.2 Å². The predicted octanol–water partition coefficient (Wildman–Crippen LogP) is -0.0466. The van der Waals surface area contributed by atoms with Crippen molar-refractivity contribution in [1.29, 1.82) is 0 Å². The molecule has 134 valence electrons. The number of sulfonamides is 1. The number of likely N-dealkylation sites (tertiary alicyclic amines) is 1. The van der Waals surface area contributed by atoms with Gasteiger partial charge >= 0.3 is 6.03 Å². The van der Waals surface area contributed by atoms with Gasteiger partial charge in [0.2, 0.25) is 15.9 Å². The van der Waals surface area contributed by atoms with Gasteiger partial charge in [-0.1, -0.05) is 0 Å². The minimum atomic E-state index is -3.24. The molecule has 1 saturated heterocycles. The minimum Gasteiger partial charge on any atom is -0.356 e. The number of piperidine rings is 1. The molecule has 1 atom stereocenters. The molecule has 3 N–H and O–H groups in total. The summed E-state index contributed by atoms with van der Waals surface area (Å²) in [5, 5.41) is 2.82. The number of nitrogens with zero attached hydrogens (tertiary/aromatic N) is 2. The van der Waals surface area contributed by atoms with Crippen LogP contribution >= 0.6 is 0 Å². The molecule has 8 nitrogen and oxygen atoms in total. The highest BCUT2D eigenvalue weighted by molar-refractivity contribution is 7.88. The maximum absolute atomic E-state index is 12.1. The van der Waals surface area contributed by atoms with Crippen LogP contribution in [0.5, 0.6) is 0 Å². The molecule has 0 bridgehead atoms. The lowest BCUT2D eigenvalue weighted by atomic mass is 9.97. The first-order valence-corrected chi connectivity index (χ1v) is 9.76.